The summed E-state index contributed by atoms with van der Waals surface area (Å²) in [4.78, 5) is 32.7. The molecule has 0 bridgehead atoms. The summed E-state index contributed by atoms with van der Waals surface area (Å²) in [6.07, 6.45) is 3.39. The van der Waals surface area contributed by atoms with Gasteiger partial charge in [0.15, 0.2) is 0 Å². The lowest BCUT2D eigenvalue weighted by Crippen LogP contribution is -2.34. The van der Waals surface area contributed by atoms with Crippen LogP contribution in [-0.4, -0.2) is 39.2 Å². The first-order valence-corrected chi connectivity index (χ1v) is 12.0. The highest BCUT2D eigenvalue weighted by atomic mass is 16.5. The Morgan fingerprint density at radius 2 is 1.74 bits per heavy atom. The molecule has 1 unspecified atom stereocenters. The Kier molecular flexibility index (Phi) is 8.93. The molecular weight excluding hydrogens is 484 g/mol. The second kappa shape index (κ2) is 12.9. The molecule has 3 N–H and O–H groups in total. The molecule has 2 aromatic carbocycles. The Morgan fingerprint density at radius 1 is 1.00 bits per heavy atom. The summed E-state index contributed by atoms with van der Waals surface area (Å²) in [7, 11) is 0. The third-order valence-corrected chi connectivity index (χ3v) is 5.51. The van der Waals surface area contributed by atoms with Gasteiger partial charge in [-0.3, -0.25) is 9.78 Å². The molecule has 1 atom stereocenters. The van der Waals surface area contributed by atoms with E-state index in [2.05, 4.69) is 20.4 Å². The fourth-order valence-electron chi connectivity index (χ4n) is 3.56. The number of pyridine rings is 1. The van der Waals surface area contributed by atoms with Crippen molar-refractivity contribution in [3.05, 3.63) is 108 Å². The van der Waals surface area contributed by atoms with Crippen molar-refractivity contribution < 1.29 is 19.1 Å². The SMILES string of the molecule is CCOC(C(=O)NCc1ccc(/C(N)=N/C(=O)OCc2ccccc2)cc1)n1ccc(-c2ccncc2)n1. The number of nitrogens with zero attached hydrogens (tertiary/aromatic N) is 4. The van der Waals surface area contributed by atoms with Gasteiger partial charge >= 0.3 is 6.09 Å². The summed E-state index contributed by atoms with van der Waals surface area (Å²) >= 11 is 0. The lowest BCUT2D eigenvalue weighted by Gasteiger charge is -2.17. The largest absolute Gasteiger partial charge is 0.443 e. The van der Waals surface area contributed by atoms with Crippen LogP contribution in [0.3, 0.4) is 0 Å². The Hall–Kier alpha value is -4.83. The van der Waals surface area contributed by atoms with E-state index in [1.165, 1.54) is 4.68 Å². The number of nitrogens with two attached hydrogens (primary N) is 1. The number of hydrogen-bond acceptors (Lipinski definition) is 6. The van der Waals surface area contributed by atoms with E-state index in [-0.39, 0.29) is 24.9 Å². The lowest BCUT2D eigenvalue weighted by molar-refractivity contribution is -0.139. The molecule has 0 fully saturated rings. The first-order valence-electron chi connectivity index (χ1n) is 12.0. The second-order valence-corrected chi connectivity index (χ2v) is 8.18. The van der Waals surface area contributed by atoms with Crippen molar-refractivity contribution in [3.63, 3.8) is 0 Å². The molecule has 4 rings (SSSR count). The number of ether oxygens (including phenoxy) is 2. The van der Waals surface area contributed by atoms with E-state index in [4.69, 9.17) is 15.2 Å². The van der Waals surface area contributed by atoms with Crippen molar-refractivity contribution in [2.24, 2.45) is 10.7 Å². The summed E-state index contributed by atoms with van der Waals surface area (Å²) < 4.78 is 12.3. The number of benzene rings is 2. The number of hydrogen-bond donors (Lipinski definition) is 2. The van der Waals surface area contributed by atoms with E-state index in [1.54, 1.807) is 42.9 Å². The van der Waals surface area contributed by atoms with Gasteiger partial charge in [-0.1, -0.05) is 54.6 Å². The van der Waals surface area contributed by atoms with Crippen LogP contribution < -0.4 is 11.1 Å². The zero-order chi connectivity index (χ0) is 26.7. The molecule has 4 aromatic rings. The molecule has 0 saturated carbocycles. The van der Waals surface area contributed by atoms with Crippen molar-refractivity contribution in [1.29, 1.82) is 0 Å². The Balaban J connectivity index is 1.32. The normalized spacial score (nSPS) is 12.1. The number of carbonyl (C=O) groups is 2. The van der Waals surface area contributed by atoms with Gasteiger partial charge in [0.05, 0.1) is 5.69 Å². The molecule has 0 saturated heterocycles. The number of aliphatic imine (C=N–C) groups is 1. The third-order valence-electron chi connectivity index (χ3n) is 5.51. The maximum atomic E-state index is 12.9. The highest BCUT2D eigenvalue weighted by molar-refractivity contribution is 6.02. The zero-order valence-corrected chi connectivity index (χ0v) is 20.9. The number of carbonyl (C=O) groups excluding carboxylic acids is 2. The summed E-state index contributed by atoms with van der Waals surface area (Å²) in [6.45, 7) is 2.53. The smallest absolute Gasteiger partial charge is 0.435 e. The Morgan fingerprint density at radius 3 is 2.45 bits per heavy atom. The molecular formula is C28H28N6O4. The molecule has 194 valence electrons. The quantitative estimate of drug-likeness (QED) is 0.244. The molecule has 2 heterocycles. The van der Waals surface area contributed by atoms with E-state index in [0.717, 1.165) is 16.7 Å². The molecule has 0 aliphatic carbocycles. The van der Waals surface area contributed by atoms with Crippen molar-refractivity contribution in [2.45, 2.75) is 26.3 Å². The number of amides is 2. The van der Waals surface area contributed by atoms with Gasteiger partial charge in [-0.05, 0) is 36.2 Å². The maximum Gasteiger partial charge on any atom is 0.435 e. The second-order valence-electron chi connectivity index (χ2n) is 8.18. The van der Waals surface area contributed by atoms with Crippen molar-refractivity contribution in [1.82, 2.24) is 20.1 Å². The highest BCUT2D eigenvalue weighted by Crippen LogP contribution is 2.18. The lowest BCUT2D eigenvalue weighted by atomic mass is 10.1. The topological polar surface area (TPSA) is 134 Å². The number of amidine groups is 1. The first kappa shape index (κ1) is 26.2. The first-order chi connectivity index (χ1) is 18.5. The van der Waals surface area contributed by atoms with Crippen LogP contribution in [-0.2, 0) is 27.4 Å². The van der Waals surface area contributed by atoms with E-state index in [1.807, 2.05) is 55.5 Å². The minimum Gasteiger partial charge on any atom is -0.443 e. The van der Waals surface area contributed by atoms with Crippen molar-refractivity contribution in [2.75, 3.05) is 6.61 Å². The predicted molar refractivity (Wildman–Crippen MR) is 142 cm³/mol. The van der Waals surface area contributed by atoms with Gasteiger partial charge in [-0.15, -0.1) is 0 Å². The fraction of sp³-hybridized carbons (Fsp3) is 0.179. The van der Waals surface area contributed by atoms with Gasteiger partial charge in [0.25, 0.3) is 5.91 Å². The molecule has 2 amide bonds. The van der Waals surface area contributed by atoms with Gasteiger partial charge in [0, 0.05) is 42.9 Å². The van der Waals surface area contributed by atoms with Crippen LogP contribution in [0, 0.1) is 0 Å². The van der Waals surface area contributed by atoms with Crippen LogP contribution in [0.25, 0.3) is 11.3 Å². The standard InChI is InChI=1S/C28H28N6O4/c1-2-37-27(34-17-14-24(33-34)22-12-15-30-16-13-22)26(35)31-18-20-8-10-23(11-9-20)25(29)32-28(36)38-19-21-6-4-3-5-7-21/h3-17,27H,2,18-19H2,1H3,(H,31,35)(H2,29,32,36). The van der Waals surface area contributed by atoms with Gasteiger partial charge in [0.1, 0.15) is 12.4 Å². The minimum atomic E-state index is -0.917. The van der Waals surface area contributed by atoms with Gasteiger partial charge in [0.2, 0.25) is 6.23 Å². The van der Waals surface area contributed by atoms with Crippen molar-refractivity contribution in [3.8, 4) is 11.3 Å². The summed E-state index contributed by atoms with van der Waals surface area (Å²) in [5.74, 6) is -0.290. The molecule has 38 heavy (non-hydrogen) atoms. The van der Waals surface area contributed by atoms with E-state index in [9.17, 15) is 9.59 Å². The van der Waals surface area contributed by atoms with Crippen molar-refractivity contribution >= 4 is 17.8 Å². The van der Waals surface area contributed by atoms with E-state index < -0.39 is 12.3 Å². The van der Waals surface area contributed by atoms with Crippen LogP contribution in [0.5, 0.6) is 0 Å². The summed E-state index contributed by atoms with van der Waals surface area (Å²) in [5.41, 5.74) is 9.81. The average Bonchev–Trinajstić information content (AvgIpc) is 3.45. The molecule has 0 aliphatic rings. The predicted octanol–water partition coefficient (Wildman–Crippen LogP) is 3.84. The molecule has 0 radical (unpaired) electrons. The number of aromatic nitrogens is 3. The van der Waals surface area contributed by atoms with Crippen LogP contribution in [0.4, 0.5) is 4.79 Å². The maximum absolute atomic E-state index is 12.9. The molecule has 0 aliphatic heterocycles. The number of rotatable bonds is 10. The van der Waals surface area contributed by atoms with Crippen LogP contribution >= 0.6 is 0 Å². The average molecular weight is 513 g/mol. The molecule has 2 aromatic heterocycles. The van der Waals surface area contributed by atoms with Crippen LogP contribution in [0.15, 0.2) is 96.4 Å². The Labute approximate surface area is 220 Å². The summed E-state index contributed by atoms with van der Waals surface area (Å²) in [5, 5.41) is 7.37. The van der Waals surface area contributed by atoms with Gasteiger partial charge < -0.3 is 20.5 Å². The van der Waals surface area contributed by atoms with Crippen LogP contribution in [0.2, 0.25) is 0 Å². The van der Waals surface area contributed by atoms with Gasteiger partial charge in [-0.2, -0.15) is 10.1 Å². The Bertz CT molecular complexity index is 1370. The zero-order valence-electron chi connectivity index (χ0n) is 20.9. The highest BCUT2D eigenvalue weighted by Gasteiger charge is 2.22. The number of nitrogens with one attached hydrogen (secondary N) is 1. The molecule has 10 heteroatoms. The van der Waals surface area contributed by atoms with Crippen LogP contribution in [0.1, 0.15) is 29.8 Å². The molecule has 10 nitrogen and oxygen atoms in total. The summed E-state index contributed by atoms with van der Waals surface area (Å²) in [6, 6.07) is 21.8. The fourth-order valence-corrected chi connectivity index (χ4v) is 3.56. The monoisotopic (exact) mass is 512 g/mol. The third kappa shape index (κ3) is 7.11. The molecule has 0 spiro atoms. The van der Waals surface area contributed by atoms with Gasteiger partial charge in [-0.25, -0.2) is 9.48 Å². The van der Waals surface area contributed by atoms with E-state index >= 15 is 0 Å². The minimum absolute atomic E-state index is 0.0405. The van der Waals surface area contributed by atoms with E-state index in [0.29, 0.717) is 17.9 Å².